The average molecular weight is 179 g/mol. The van der Waals surface area contributed by atoms with E-state index in [4.69, 9.17) is 10.8 Å². The Morgan fingerprint density at radius 1 is 1.46 bits per heavy atom. The average Bonchev–Trinajstić information content (AvgIpc) is 2.08. The van der Waals surface area contributed by atoms with E-state index < -0.39 is 12.0 Å². The Hall–Kier alpha value is -1.71. The van der Waals surface area contributed by atoms with Crippen molar-refractivity contribution < 1.29 is 9.90 Å². The molecule has 0 aromatic heterocycles. The number of rotatable bonds is 3. The summed E-state index contributed by atoms with van der Waals surface area (Å²) in [7, 11) is 0. The highest BCUT2D eigenvalue weighted by molar-refractivity contribution is 5.76. The van der Waals surface area contributed by atoms with Gasteiger partial charge >= 0.3 is 5.97 Å². The van der Waals surface area contributed by atoms with E-state index in [1.165, 1.54) is 0 Å². The zero-order valence-electron chi connectivity index (χ0n) is 7.24. The molecule has 0 spiro atoms. The van der Waals surface area contributed by atoms with E-state index in [1.54, 1.807) is 31.2 Å². The molecular formula is C9H11N2O2. The Kier molecular flexibility index (Phi) is 2.74. The van der Waals surface area contributed by atoms with Crippen LogP contribution in [-0.2, 0) is 4.79 Å². The summed E-state index contributed by atoms with van der Waals surface area (Å²) < 4.78 is 0. The molecule has 0 saturated heterocycles. The molecule has 0 bridgehead atoms. The van der Waals surface area contributed by atoms with Crippen molar-refractivity contribution in [3.63, 3.8) is 0 Å². The maximum absolute atomic E-state index is 10.5. The third-order valence-corrected chi connectivity index (χ3v) is 1.64. The molecule has 0 fully saturated rings. The predicted molar refractivity (Wildman–Crippen MR) is 49.9 cm³/mol. The van der Waals surface area contributed by atoms with Crippen molar-refractivity contribution in [3.05, 3.63) is 24.3 Å². The van der Waals surface area contributed by atoms with Gasteiger partial charge in [-0.1, -0.05) is 0 Å². The molecule has 13 heavy (non-hydrogen) atoms. The zero-order chi connectivity index (χ0) is 9.84. The van der Waals surface area contributed by atoms with Crippen molar-refractivity contribution in [2.75, 3.05) is 5.32 Å². The van der Waals surface area contributed by atoms with Gasteiger partial charge in [0, 0.05) is 5.69 Å². The summed E-state index contributed by atoms with van der Waals surface area (Å²) in [4.78, 5) is 10.5. The summed E-state index contributed by atoms with van der Waals surface area (Å²) >= 11 is 0. The zero-order valence-corrected chi connectivity index (χ0v) is 7.24. The van der Waals surface area contributed by atoms with Gasteiger partial charge in [-0.2, -0.15) is 0 Å². The molecule has 0 saturated carbocycles. The number of carboxylic acid groups (broad SMARTS) is 1. The van der Waals surface area contributed by atoms with Gasteiger partial charge in [-0.3, -0.25) is 4.79 Å². The normalized spacial score (nSPS) is 12.1. The minimum Gasteiger partial charge on any atom is -0.480 e. The summed E-state index contributed by atoms with van der Waals surface area (Å²) in [6.07, 6.45) is 0. The second-order valence-corrected chi connectivity index (χ2v) is 2.78. The number of carboxylic acids is 1. The smallest absolute Gasteiger partial charge is 0.325 e. The van der Waals surface area contributed by atoms with E-state index in [0.29, 0.717) is 11.4 Å². The number of anilines is 1. The molecule has 0 aliphatic heterocycles. The van der Waals surface area contributed by atoms with Gasteiger partial charge in [0.05, 0.1) is 5.69 Å². The van der Waals surface area contributed by atoms with Crippen LogP contribution < -0.4 is 11.1 Å². The van der Waals surface area contributed by atoms with Crippen molar-refractivity contribution in [3.8, 4) is 0 Å². The summed E-state index contributed by atoms with van der Waals surface area (Å²) in [6.45, 7) is 1.57. The molecule has 1 atom stereocenters. The molecule has 0 aliphatic rings. The lowest BCUT2D eigenvalue weighted by Gasteiger charge is -2.10. The molecule has 3 N–H and O–H groups in total. The van der Waals surface area contributed by atoms with Crippen LogP contribution in [0.5, 0.6) is 0 Å². The number of aliphatic carboxylic acids is 1. The molecule has 0 aliphatic carbocycles. The van der Waals surface area contributed by atoms with Crippen molar-refractivity contribution >= 4 is 17.3 Å². The highest BCUT2D eigenvalue weighted by Gasteiger charge is 2.09. The van der Waals surface area contributed by atoms with E-state index in [2.05, 4.69) is 5.32 Å². The maximum atomic E-state index is 10.5. The molecule has 1 unspecified atom stereocenters. The predicted octanol–water partition coefficient (Wildman–Crippen LogP) is 1.49. The summed E-state index contributed by atoms with van der Waals surface area (Å²) in [5, 5.41) is 11.4. The third kappa shape index (κ3) is 2.66. The van der Waals surface area contributed by atoms with Gasteiger partial charge in [-0.25, -0.2) is 0 Å². The molecule has 0 heterocycles. The fourth-order valence-electron chi connectivity index (χ4n) is 0.878. The molecule has 0 amide bonds. The Morgan fingerprint density at radius 3 is 2.46 bits per heavy atom. The van der Waals surface area contributed by atoms with Crippen LogP contribution in [0.25, 0.3) is 0 Å². The Bertz CT molecular complexity index is 295. The van der Waals surface area contributed by atoms with Crippen LogP contribution in [-0.4, -0.2) is 17.1 Å². The number of hydrogen-bond donors (Lipinski definition) is 2. The van der Waals surface area contributed by atoms with E-state index in [1.807, 2.05) is 0 Å². The van der Waals surface area contributed by atoms with Crippen LogP contribution in [0.2, 0.25) is 0 Å². The molecular weight excluding hydrogens is 168 g/mol. The topological polar surface area (TPSA) is 73.1 Å². The van der Waals surface area contributed by atoms with Gasteiger partial charge in [0.2, 0.25) is 0 Å². The Balaban J connectivity index is 2.64. The van der Waals surface area contributed by atoms with E-state index in [9.17, 15) is 4.79 Å². The fraction of sp³-hybridized carbons (Fsp3) is 0.222. The SMILES string of the molecule is CC(Nc1ccc([NH])cc1)C(=O)O. The fourth-order valence-corrected chi connectivity index (χ4v) is 0.878. The molecule has 1 aromatic rings. The van der Waals surface area contributed by atoms with Crippen LogP contribution in [0.3, 0.4) is 0 Å². The third-order valence-electron chi connectivity index (χ3n) is 1.64. The highest BCUT2D eigenvalue weighted by atomic mass is 16.4. The quantitative estimate of drug-likeness (QED) is 0.738. The summed E-state index contributed by atoms with van der Waals surface area (Å²) in [6, 6.07) is 5.97. The van der Waals surface area contributed by atoms with Gasteiger partial charge in [0.25, 0.3) is 0 Å². The minimum absolute atomic E-state index is 0.411. The second-order valence-electron chi connectivity index (χ2n) is 2.78. The molecule has 69 valence electrons. The van der Waals surface area contributed by atoms with Crippen LogP contribution in [0, 0.1) is 0 Å². The van der Waals surface area contributed by atoms with Gasteiger partial charge in [-0.05, 0) is 31.2 Å². The number of hydrogen-bond acceptors (Lipinski definition) is 2. The van der Waals surface area contributed by atoms with Crippen LogP contribution >= 0.6 is 0 Å². The first kappa shape index (κ1) is 9.38. The number of benzene rings is 1. The van der Waals surface area contributed by atoms with E-state index >= 15 is 0 Å². The van der Waals surface area contributed by atoms with Crippen LogP contribution in [0.15, 0.2) is 24.3 Å². The molecule has 1 rings (SSSR count). The standard InChI is InChI=1S/C9H11N2O2/c1-6(9(12)13)11-8-4-2-7(10)3-5-8/h2-6,10-11H,1H3,(H,12,13). The van der Waals surface area contributed by atoms with Crippen LogP contribution in [0.1, 0.15) is 6.92 Å². The first-order chi connectivity index (χ1) is 6.09. The van der Waals surface area contributed by atoms with Crippen LogP contribution in [0.4, 0.5) is 11.4 Å². The van der Waals surface area contributed by atoms with Crippen molar-refractivity contribution in [1.82, 2.24) is 5.73 Å². The Morgan fingerprint density at radius 2 is 2.00 bits per heavy atom. The first-order valence-electron chi connectivity index (χ1n) is 3.90. The largest absolute Gasteiger partial charge is 0.480 e. The Labute approximate surface area is 76.4 Å². The van der Waals surface area contributed by atoms with Crippen molar-refractivity contribution in [2.24, 2.45) is 0 Å². The monoisotopic (exact) mass is 179 g/mol. The van der Waals surface area contributed by atoms with Gasteiger partial charge in [-0.15, -0.1) is 0 Å². The minimum atomic E-state index is -0.894. The van der Waals surface area contributed by atoms with Crippen molar-refractivity contribution in [2.45, 2.75) is 13.0 Å². The van der Waals surface area contributed by atoms with Crippen molar-refractivity contribution in [1.29, 1.82) is 0 Å². The van der Waals surface area contributed by atoms with Gasteiger partial charge in [0.15, 0.2) is 0 Å². The second kappa shape index (κ2) is 3.80. The maximum Gasteiger partial charge on any atom is 0.325 e. The highest BCUT2D eigenvalue weighted by Crippen LogP contribution is 2.12. The van der Waals surface area contributed by atoms with E-state index in [-0.39, 0.29) is 0 Å². The first-order valence-corrected chi connectivity index (χ1v) is 3.90. The lowest BCUT2D eigenvalue weighted by Crippen LogP contribution is -2.25. The van der Waals surface area contributed by atoms with Gasteiger partial charge in [0.1, 0.15) is 6.04 Å². The summed E-state index contributed by atoms with van der Waals surface area (Å²) in [5.41, 5.74) is 8.34. The molecule has 1 radical (unpaired) electrons. The summed E-state index contributed by atoms with van der Waals surface area (Å²) in [5.74, 6) is -0.894. The number of carbonyl (C=O) groups is 1. The molecule has 1 aromatic carbocycles. The molecule has 4 nitrogen and oxygen atoms in total. The molecule has 4 heteroatoms. The van der Waals surface area contributed by atoms with E-state index in [0.717, 1.165) is 0 Å². The number of nitrogens with one attached hydrogen (secondary N) is 2. The lowest BCUT2D eigenvalue weighted by atomic mass is 10.2. The lowest BCUT2D eigenvalue weighted by molar-refractivity contribution is -0.137. The van der Waals surface area contributed by atoms with Gasteiger partial charge < -0.3 is 16.2 Å².